The summed E-state index contributed by atoms with van der Waals surface area (Å²) in [4.78, 5) is 32.3. The van der Waals surface area contributed by atoms with Crippen LogP contribution in [0.1, 0.15) is 45.7 Å². The predicted molar refractivity (Wildman–Crippen MR) is 118 cm³/mol. The van der Waals surface area contributed by atoms with Gasteiger partial charge >= 0.3 is 0 Å². The highest BCUT2D eigenvalue weighted by molar-refractivity contribution is 5.95. The van der Waals surface area contributed by atoms with Gasteiger partial charge in [-0.05, 0) is 55.9 Å². The first-order valence-electron chi connectivity index (χ1n) is 10.6. The quantitative estimate of drug-likeness (QED) is 0.634. The molecule has 0 unspecified atom stereocenters. The van der Waals surface area contributed by atoms with Crippen molar-refractivity contribution in [1.82, 2.24) is 14.5 Å². The molecule has 1 aliphatic rings. The van der Waals surface area contributed by atoms with E-state index in [1.54, 1.807) is 18.5 Å². The number of aryl methyl sites for hydroxylation is 2. The first kappa shape index (κ1) is 20.1. The number of carbonyl (C=O) groups is 1. The summed E-state index contributed by atoms with van der Waals surface area (Å²) in [7, 11) is 0. The molecule has 0 atom stereocenters. The molecule has 0 spiro atoms. The Balaban J connectivity index is 1.77. The van der Waals surface area contributed by atoms with E-state index in [9.17, 15) is 9.59 Å². The van der Waals surface area contributed by atoms with Crippen LogP contribution in [0.2, 0.25) is 0 Å². The fraction of sp³-hybridized carbons (Fsp3) is 0.320. The molecule has 3 aromatic rings. The number of hydrogen-bond donors (Lipinski definition) is 0. The molecule has 2 aromatic heterocycles. The summed E-state index contributed by atoms with van der Waals surface area (Å²) in [5.74, 6) is -0.121. The molecule has 5 heteroatoms. The van der Waals surface area contributed by atoms with Crippen molar-refractivity contribution in [2.24, 2.45) is 0 Å². The number of likely N-dealkylation sites (tertiary alicyclic amines) is 1. The standard InChI is InChI=1S/C25H27N3O2/c1-19-17-23(29)24(25(30)27-15-5-6-16-27)22(10-9-20-7-3-2-4-8-20)28(19)18-21-11-13-26-14-12-21/h2-4,7-8,11-14,17H,5-6,9-10,15-16,18H2,1H3. The van der Waals surface area contributed by atoms with E-state index in [1.807, 2.05) is 42.2 Å². The number of benzene rings is 1. The number of aromatic nitrogens is 2. The molecule has 30 heavy (non-hydrogen) atoms. The van der Waals surface area contributed by atoms with Crippen LogP contribution in [-0.4, -0.2) is 33.4 Å². The summed E-state index contributed by atoms with van der Waals surface area (Å²) in [6.45, 7) is 4.01. The van der Waals surface area contributed by atoms with Gasteiger partial charge in [0.15, 0.2) is 5.43 Å². The maximum absolute atomic E-state index is 13.3. The topological polar surface area (TPSA) is 55.2 Å². The van der Waals surface area contributed by atoms with Crippen LogP contribution >= 0.6 is 0 Å². The largest absolute Gasteiger partial charge is 0.343 e. The minimum atomic E-state index is -0.168. The molecule has 1 aromatic carbocycles. The molecular weight excluding hydrogens is 374 g/mol. The second kappa shape index (κ2) is 9.08. The van der Waals surface area contributed by atoms with Crippen LogP contribution in [0.5, 0.6) is 0 Å². The molecule has 1 aliphatic heterocycles. The fourth-order valence-corrected chi connectivity index (χ4v) is 4.20. The van der Waals surface area contributed by atoms with E-state index < -0.39 is 0 Å². The number of hydrogen-bond acceptors (Lipinski definition) is 3. The summed E-state index contributed by atoms with van der Waals surface area (Å²) in [5.41, 5.74) is 4.17. The lowest BCUT2D eigenvalue weighted by atomic mass is 10.0. The van der Waals surface area contributed by atoms with Crippen LogP contribution in [0.15, 0.2) is 65.7 Å². The van der Waals surface area contributed by atoms with Gasteiger partial charge in [-0.2, -0.15) is 0 Å². The van der Waals surface area contributed by atoms with E-state index in [1.165, 1.54) is 5.56 Å². The summed E-state index contributed by atoms with van der Waals surface area (Å²) in [6, 6.07) is 15.8. The Morgan fingerprint density at radius 1 is 0.967 bits per heavy atom. The van der Waals surface area contributed by atoms with Crippen molar-refractivity contribution in [1.29, 1.82) is 0 Å². The Kier molecular flexibility index (Phi) is 6.07. The van der Waals surface area contributed by atoms with Gasteiger partial charge in [-0.3, -0.25) is 14.6 Å². The van der Waals surface area contributed by atoms with Crippen molar-refractivity contribution in [2.75, 3.05) is 13.1 Å². The zero-order chi connectivity index (χ0) is 20.9. The molecule has 0 aliphatic carbocycles. The monoisotopic (exact) mass is 401 g/mol. The highest BCUT2D eigenvalue weighted by atomic mass is 16.2. The number of pyridine rings is 2. The average molecular weight is 402 g/mol. The molecule has 1 fully saturated rings. The van der Waals surface area contributed by atoms with Gasteiger partial charge < -0.3 is 9.47 Å². The summed E-state index contributed by atoms with van der Waals surface area (Å²) in [5, 5.41) is 0. The molecule has 0 saturated carbocycles. The average Bonchev–Trinajstić information content (AvgIpc) is 3.30. The molecule has 0 radical (unpaired) electrons. The minimum Gasteiger partial charge on any atom is -0.343 e. The smallest absolute Gasteiger partial charge is 0.259 e. The van der Waals surface area contributed by atoms with Crippen molar-refractivity contribution in [2.45, 2.75) is 39.2 Å². The van der Waals surface area contributed by atoms with Crippen molar-refractivity contribution in [3.63, 3.8) is 0 Å². The predicted octanol–water partition coefficient (Wildman–Crippen LogP) is 3.62. The highest BCUT2D eigenvalue weighted by Gasteiger charge is 2.26. The SMILES string of the molecule is Cc1cc(=O)c(C(=O)N2CCCC2)c(CCc2ccccc2)n1Cc1ccncc1. The maximum atomic E-state index is 13.3. The van der Waals surface area contributed by atoms with Crippen LogP contribution in [0.25, 0.3) is 0 Å². The van der Waals surface area contributed by atoms with Crippen molar-refractivity contribution in [3.05, 3.63) is 99.2 Å². The van der Waals surface area contributed by atoms with Crippen molar-refractivity contribution in [3.8, 4) is 0 Å². The van der Waals surface area contributed by atoms with Gasteiger partial charge in [-0.15, -0.1) is 0 Å². The van der Waals surface area contributed by atoms with Crippen LogP contribution in [-0.2, 0) is 19.4 Å². The Morgan fingerprint density at radius 3 is 2.37 bits per heavy atom. The lowest BCUT2D eigenvalue weighted by Crippen LogP contribution is -2.35. The van der Waals surface area contributed by atoms with Crippen LogP contribution in [0, 0.1) is 6.92 Å². The van der Waals surface area contributed by atoms with E-state index >= 15 is 0 Å². The zero-order valence-corrected chi connectivity index (χ0v) is 17.4. The Labute approximate surface area is 177 Å². The highest BCUT2D eigenvalue weighted by Crippen LogP contribution is 2.19. The third-order valence-corrected chi connectivity index (χ3v) is 5.82. The molecule has 1 amide bonds. The molecule has 0 bridgehead atoms. The molecule has 4 rings (SSSR count). The molecule has 154 valence electrons. The Morgan fingerprint density at radius 2 is 1.67 bits per heavy atom. The second-order valence-corrected chi connectivity index (χ2v) is 7.90. The van der Waals surface area contributed by atoms with Crippen LogP contribution in [0.3, 0.4) is 0 Å². The summed E-state index contributed by atoms with van der Waals surface area (Å²) < 4.78 is 2.13. The molecular formula is C25H27N3O2. The van der Waals surface area contributed by atoms with Gasteiger partial charge in [0.05, 0.1) is 0 Å². The van der Waals surface area contributed by atoms with Gasteiger partial charge in [-0.1, -0.05) is 30.3 Å². The summed E-state index contributed by atoms with van der Waals surface area (Å²) >= 11 is 0. The fourth-order valence-electron chi connectivity index (χ4n) is 4.20. The van der Waals surface area contributed by atoms with Gasteiger partial charge in [0.1, 0.15) is 5.56 Å². The van der Waals surface area contributed by atoms with Crippen molar-refractivity contribution < 1.29 is 4.79 Å². The van der Waals surface area contributed by atoms with Crippen LogP contribution < -0.4 is 5.43 Å². The second-order valence-electron chi connectivity index (χ2n) is 7.90. The van der Waals surface area contributed by atoms with E-state index in [0.717, 1.165) is 49.3 Å². The van der Waals surface area contributed by atoms with Gasteiger partial charge in [-0.25, -0.2) is 0 Å². The Hall–Kier alpha value is -3.21. The number of nitrogens with zero attached hydrogens (tertiary/aromatic N) is 3. The van der Waals surface area contributed by atoms with E-state index in [2.05, 4.69) is 21.7 Å². The normalized spacial score (nSPS) is 13.6. The van der Waals surface area contributed by atoms with Gasteiger partial charge in [0, 0.05) is 49.5 Å². The first-order chi connectivity index (χ1) is 14.6. The third kappa shape index (κ3) is 4.35. The lowest BCUT2D eigenvalue weighted by Gasteiger charge is -2.23. The van der Waals surface area contributed by atoms with Gasteiger partial charge in [0.25, 0.3) is 5.91 Å². The first-order valence-corrected chi connectivity index (χ1v) is 10.6. The van der Waals surface area contributed by atoms with Gasteiger partial charge in [0.2, 0.25) is 0 Å². The van der Waals surface area contributed by atoms with Crippen molar-refractivity contribution >= 4 is 5.91 Å². The number of rotatable bonds is 6. The molecule has 5 nitrogen and oxygen atoms in total. The zero-order valence-electron chi connectivity index (χ0n) is 17.4. The van der Waals surface area contributed by atoms with E-state index in [4.69, 9.17) is 0 Å². The number of carbonyl (C=O) groups excluding carboxylic acids is 1. The third-order valence-electron chi connectivity index (χ3n) is 5.82. The molecule has 1 saturated heterocycles. The maximum Gasteiger partial charge on any atom is 0.259 e. The minimum absolute atomic E-state index is 0.121. The lowest BCUT2D eigenvalue weighted by molar-refractivity contribution is 0.0789. The number of amides is 1. The van der Waals surface area contributed by atoms with Crippen LogP contribution in [0.4, 0.5) is 0 Å². The molecule has 0 N–H and O–H groups in total. The van der Waals surface area contributed by atoms with E-state index in [-0.39, 0.29) is 11.3 Å². The van der Waals surface area contributed by atoms with E-state index in [0.29, 0.717) is 18.5 Å². The molecule has 3 heterocycles. The Bertz CT molecular complexity index is 1070. The summed E-state index contributed by atoms with van der Waals surface area (Å²) in [6.07, 6.45) is 6.96.